The Balaban J connectivity index is 2.57. The van der Waals surface area contributed by atoms with Gasteiger partial charge in [0.15, 0.2) is 0 Å². The average molecular weight is 141 g/mol. The fraction of sp³-hybridized carbons (Fsp3) is 0.875. The molecule has 0 radical (unpaired) electrons. The molecule has 10 heavy (non-hydrogen) atoms. The largest absolute Gasteiger partial charge is 0.298 e. The van der Waals surface area contributed by atoms with Crippen LogP contribution in [-0.2, 0) is 4.79 Å². The van der Waals surface area contributed by atoms with Crippen LogP contribution in [0.15, 0.2) is 0 Å². The number of likely N-dealkylation sites (N-methyl/N-ethyl adjacent to an activating group) is 1. The normalized spacial score (nSPS) is 36.5. The topological polar surface area (TPSA) is 20.3 Å². The number of piperidine rings is 1. The van der Waals surface area contributed by atoms with Crippen molar-refractivity contribution in [2.75, 3.05) is 13.6 Å². The third-order valence-electron chi connectivity index (χ3n) is 2.49. The van der Waals surface area contributed by atoms with Crippen LogP contribution < -0.4 is 0 Å². The first-order chi connectivity index (χ1) is 4.61. The van der Waals surface area contributed by atoms with E-state index >= 15 is 0 Å². The Kier molecular flexibility index (Phi) is 2.09. The number of nitrogens with zero attached hydrogens (tertiary/aromatic N) is 1. The Morgan fingerprint density at radius 3 is 2.60 bits per heavy atom. The zero-order valence-corrected chi connectivity index (χ0v) is 6.92. The molecule has 2 nitrogen and oxygen atoms in total. The van der Waals surface area contributed by atoms with E-state index in [-0.39, 0.29) is 0 Å². The van der Waals surface area contributed by atoms with Crippen LogP contribution in [0.2, 0.25) is 0 Å². The van der Waals surface area contributed by atoms with Crippen LogP contribution in [0.25, 0.3) is 0 Å². The molecule has 1 heterocycles. The molecule has 0 spiro atoms. The van der Waals surface area contributed by atoms with E-state index in [1.165, 1.54) is 0 Å². The summed E-state index contributed by atoms with van der Waals surface area (Å²) in [6, 6.07) is 0.567. The molecule has 1 fully saturated rings. The van der Waals surface area contributed by atoms with E-state index in [0.717, 1.165) is 6.42 Å². The first-order valence-electron chi connectivity index (χ1n) is 3.83. The fourth-order valence-electron chi connectivity index (χ4n) is 1.45. The second-order valence-corrected chi connectivity index (χ2v) is 3.38. The minimum atomic E-state index is 0.383. The van der Waals surface area contributed by atoms with Gasteiger partial charge >= 0.3 is 0 Å². The van der Waals surface area contributed by atoms with Gasteiger partial charge in [-0.2, -0.15) is 0 Å². The highest BCUT2D eigenvalue weighted by Crippen LogP contribution is 2.18. The third-order valence-corrected chi connectivity index (χ3v) is 2.49. The van der Waals surface area contributed by atoms with E-state index < -0.39 is 0 Å². The zero-order valence-electron chi connectivity index (χ0n) is 6.92. The van der Waals surface area contributed by atoms with Crippen molar-refractivity contribution in [3.05, 3.63) is 0 Å². The lowest BCUT2D eigenvalue weighted by atomic mass is 9.92. The minimum absolute atomic E-state index is 0.383. The van der Waals surface area contributed by atoms with Crippen molar-refractivity contribution >= 4 is 5.78 Å². The molecule has 1 rings (SSSR count). The van der Waals surface area contributed by atoms with Gasteiger partial charge in [-0.25, -0.2) is 0 Å². The first-order valence-corrected chi connectivity index (χ1v) is 3.83. The van der Waals surface area contributed by atoms with Gasteiger partial charge in [-0.15, -0.1) is 0 Å². The minimum Gasteiger partial charge on any atom is -0.298 e. The smallest absolute Gasteiger partial charge is 0.147 e. The molecule has 0 aromatic heterocycles. The summed E-state index contributed by atoms with van der Waals surface area (Å²) in [6.07, 6.45) is 0.769. The predicted molar refractivity (Wildman–Crippen MR) is 40.9 cm³/mol. The number of rotatable bonds is 0. The molecule has 0 aliphatic carbocycles. The molecule has 0 bridgehead atoms. The maximum absolute atomic E-state index is 11.0. The van der Waals surface area contributed by atoms with Crippen LogP contribution in [0.4, 0.5) is 0 Å². The van der Waals surface area contributed by atoms with Gasteiger partial charge in [0.1, 0.15) is 5.78 Å². The van der Waals surface area contributed by atoms with Gasteiger partial charge in [0.25, 0.3) is 0 Å². The number of hydrogen-bond donors (Lipinski definition) is 0. The Hall–Kier alpha value is -0.370. The van der Waals surface area contributed by atoms with Gasteiger partial charge in [-0.1, -0.05) is 6.92 Å². The van der Waals surface area contributed by atoms with Gasteiger partial charge in [0.2, 0.25) is 0 Å². The van der Waals surface area contributed by atoms with Crippen LogP contribution in [0, 0.1) is 5.92 Å². The number of Topliss-reactive ketones (excluding diaryl/α,β-unsaturated/α-hetero) is 1. The van der Waals surface area contributed by atoms with E-state index in [1.54, 1.807) is 0 Å². The van der Waals surface area contributed by atoms with Crippen LogP contribution >= 0.6 is 0 Å². The molecule has 0 N–H and O–H groups in total. The Morgan fingerprint density at radius 1 is 1.50 bits per heavy atom. The molecule has 58 valence electrons. The van der Waals surface area contributed by atoms with Gasteiger partial charge in [-0.3, -0.25) is 9.69 Å². The second kappa shape index (κ2) is 2.70. The third kappa shape index (κ3) is 1.37. The highest BCUT2D eigenvalue weighted by molar-refractivity contribution is 5.81. The molecule has 1 saturated heterocycles. The van der Waals surface area contributed by atoms with Crippen molar-refractivity contribution in [3.63, 3.8) is 0 Å². The molecule has 0 aromatic rings. The summed E-state index contributed by atoms with van der Waals surface area (Å²) >= 11 is 0. The van der Waals surface area contributed by atoms with Gasteiger partial charge in [0, 0.05) is 12.5 Å². The summed E-state index contributed by atoms with van der Waals surface area (Å²) in [5.41, 5.74) is 0. The summed E-state index contributed by atoms with van der Waals surface area (Å²) in [5.74, 6) is 0.916. The lowest BCUT2D eigenvalue weighted by Crippen LogP contribution is -2.44. The van der Waals surface area contributed by atoms with E-state index in [2.05, 4.69) is 18.7 Å². The SMILES string of the molecule is C[C@@H]1[C@@H](C)CC(=O)CN1C. The van der Waals surface area contributed by atoms with Crippen molar-refractivity contribution in [3.8, 4) is 0 Å². The van der Waals surface area contributed by atoms with Crippen LogP contribution in [-0.4, -0.2) is 30.3 Å². The molecule has 1 aliphatic heterocycles. The summed E-state index contributed by atoms with van der Waals surface area (Å²) in [5, 5.41) is 0. The molecule has 0 unspecified atom stereocenters. The maximum atomic E-state index is 11.0. The highest BCUT2D eigenvalue weighted by atomic mass is 16.1. The van der Waals surface area contributed by atoms with E-state index in [0.29, 0.717) is 24.3 Å². The van der Waals surface area contributed by atoms with Crippen molar-refractivity contribution < 1.29 is 4.79 Å². The Labute approximate surface area is 62.2 Å². The monoisotopic (exact) mass is 141 g/mol. The standard InChI is InChI=1S/C8H15NO/c1-6-4-8(10)5-9(3)7(6)2/h6-7H,4-5H2,1-3H3/t6-,7+/m0/s1. The predicted octanol–water partition coefficient (Wildman–Crippen LogP) is 0.916. The number of carbonyl (C=O) groups excluding carboxylic acids is 1. The molecule has 2 atom stereocenters. The molecule has 0 amide bonds. The van der Waals surface area contributed by atoms with Crippen LogP contribution in [0.5, 0.6) is 0 Å². The number of hydrogen-bond acceptors (Lipinski definition) is 2. The average Bonchev–Trinajstić information content (AvgIpc) is 1.82. The molecular formula is C8H15NO. The molecule has 1 aliphatic rings. The van der Waals surface area contributed by atoms with Crippen LogP contribution in [0.1, 0.15) is 20.3 Å². The summed E-state index contributed by atoms with van der Waals surface area (Å²) in [7, 11) is 2.01. The number of carbonyl (C=O) groups is 1. The van der Waals surface area contributed by atoms with Crippen molar-refractivity contribution in [1.82, 2.24) is 4.90 Å². The lowest BCUT2D eigenvalue weighted by Gasteiger charge is -2.33. The quantitative estimate of drug-likeness (QED) is 0.500. The Bertz CT molecular complexity index is 130. The van der Waals surface area contributed by atoms with Gasteiger partial charge in [0.05, 0.1) is 6.54 Å². The second-order valence-electron chi connectivity index (χ2n) is 3.38. The van der Waals surface area contributed by atoms with Crippen molar-refractivity contribution in [1.29, 1.82) is 0 Å². The molecular weight excluding hydrogens is 126 g/mol. The molecule has 0 saturated carbocycles. The zero-order chi connectivity index (χ0) is 7.72. The van der Waals surface area contributed by atoms with Gasteiger partial charge < -0.3 is 0 Å². The Morgan fingerprint density at radius 2 is 2.10 bits per heavy atom. The van der Waals surface area contributed by atoms with E-state index in [1.807, 2.05) is 7.05 Å². The van der Waals surface area contributed by atoms with E-state index in [9.17, 15) is 4.79 Å². The van der Waals surface area contributed by atoms with E-state index in [4.69, 9.17) is 0 Å². The maximum Gasteiger partial charge on any atom is 0.147 e. The van der Waals surface area contributed by atoms with Crippen LogP contribution in [0.3, 0.4) is 0 Å². The number of ketones is 1. The molecule has 0 aromatic carbocycles. The fourth-order valence-corrected chi connectivity index (χ4v) is 1.45. The highest BCUT2D eigenvalue weighted by Gasteiger charge is 2.26. The molecule has 2 heteroatoms. The summed E-state index contributed by atoms with van der Waals surface area (Å²) in [6.45, 7) is 4.96. The lowest BCUT2D eigenvalue weighted by molar-refractivity contribution is -0.124. The van der Waals surface area contributed by atoms with Crippen molar-refractivity contribution in [2.45, 2.75) is 26.3 Å². The first kappa shape index (κ1) is 7.73. The summed E-state index contributed by atoms with van der Waals surface area (Å²) < 4.78 is 0. The van der Waals surface area contributed by atoms with Crippen molar-refractivity contribution in [2.24, 2.45) is 5.92 Å². The van der Waals surface area contributed by atoms with Gasteiger partial charge in [-0.05, 0) is 19.9 Å². The number of likely N-dealkylation sites (tertiary alicyclic amines) is 1. The summed E-state index contributed by atoms with van der Waals surface area (Å²) in [4.78, 5) is 13.1.